The Labute approximate surface area is 167 Å². The van der Waals surface area contributed by atoms with Crippen LogP contribution in [0.15, 0.2) is 48.5 Å². The summed E-state index contributed by atoms with van der Waals surface area (Å²) in [5.74, 6) is -0.753. The molecule has 0 saturated heterocycles. The number of aliphatic hydroxyl groups excluding tert-OH is 1. The van der Waals surface area contributed by atoms with Crippen LogP contribution < -0.4 is 14.8 Å². The molecule has 2 unspecified atom stereocenters. The lowest BCUT2D eigenvalue weighted by Crippen LogP contribution is -2.39. The zero-order chi connectivity index (χ0) is 20.7. The van der Waals surface area contributed by atoms with Crippen molar-refractivity contribution in [1.29, 1.82) is 0 Å². The SMILES string of the molecule is CSC(=O)c1ccccc1OC(O)c1ccccc1OC(=O)C(C)NC(C)=O. The molecular formula is C20H21NO6S. The van der Waals surface area contributed by atoms with Crippen LogP contribution in [0.4, 0.5) is 0 Å². The lowest BCUT2D eigenvalue weighted by Gasteiger charge is -2.19. The summed E-state index contributed by atoms with van der Waals surface area (Å²) in [6.45, 7) is 2.78. The van der Waals surface area contributed by atoms with Gasteiger partial charge in [0.05, 0.1) is 11.1 Å². The standard InChI is InChI=1S/C20H21NO6S/c1-12(21-13(2)22)18(23)26-16-10-6-4-8-14(16)19(24)27-17-11-7-5-9-15(17)20(25)28-3/h4-12,19,24H,1-3H3,(H,21,22). The average molecular weight is 403 g/mol. The van der Waals surface area contributed by atoms with Gasteiger partial charge in [0, 0.05) is 6.92 Å². The van der Waals surface area contributed by atoms with Gasteiger partial charge >= 0.3 is 5.97 Å². The summed E-state index contributed by atoms with van der Waals surface area (Å²) < 4.78 is 10.9. The number of ether oxygens (including phenoxy) is 2. The van der Waals surface area contributed by atoms with Crippen molar-refractivity contribution in [1.82, 2.24) is 5.32 Å². The molecule has 0 aliphatic heterocycles. The monoisotopic (exact) mass is 403 g/mol. The maximum Gasteiger partial charge on any atom is 0.333 e. The fourth-order valence-electron chi connectivity index (χ4n) is 2.37. The van der Waals surface area contributed by atoms with Gasteiger partial charge in [-0.1, -0.05) is 36.0 Å². The number of para-hydroxylation sites is 2. The first-order valence-electron chi connectivity index (χ1n) is 8.43. The van der Waals surface area contributed by atoms with Gasteiger partial charge in [-0.05, 0) is 37.4 Å². The average Bonchev–Trinajstić information content (AvgIpc) is 2.67. The molecule has 0 radical (unpaired) electrons. The third kappa shape index (κ3) is 5.58. The number of thioether (sulfide) groups is 1. The third-order valence-electron chi connectivity index (χ3n) is 3.70. The molecule has 8 heteroatoms. The molecule has 28 heavy (non-hydrogen) atoms. The number of nitrogens with one attached hydrogen (secondary N) is 1. The van der Waals surface area contributed by atoms with Gasteiger partial charge in [-0.25, -0.2) is 4.79 Å². The van der Waals surface area contributed by atoms with E-state index in [4.69, 9.17) is 9.47 Å². The quantitative estimate of drug-likeness (QED) is 0.416. The smallest absolute Gasteiger partial charge is 0.333 e. The molecule has 2 rings (SSSR count). The van der Waals surface area contributed by atoms with Crippen molar-refractivity contribution in [2.45, 2.75) is 26.2 Å². The summed E-state index contributed by atoms with van der Waals surface area (Å²) >= 11 is 1.03. The molecule has 0 heterocycles. The van der Waals surface area contributed by atoms with Crippen LogP contribution in [0, 0.1) is 0 Å². The van der Waals surface area contributed by atoms with Crippen LogP contribution >= 0.6 is 11.8 Å². The van der Waals surface area contributed by atoms with Gasteiger partial charge in [0.1, 0.15) is 17.5 Å². The van der Waals surface area contributed by atoms with Gasteiger partial charge in [0.15, 0.2) is 0 Å². The van der Waals surface area contributed by atoms with Crippen molar-refractivity contribution in [2.24, 2.45) is 0 Å². The van der Waals surface area contributed by atoms with E-state index in [9.17, 15) is 19.5 Å². The van der Waals surface area contributed by atoms with Crippen molar-refractivity contribution in [3.63, 3.8) is 0 Å². The number of benzene rings is 2. The van der Waals surface area contributed by atoms with Crippen molar-refractivity contribution >= 4 is 28.8 Å². The first-order valence-corrected chi connectivity index (χ1v) is 9.65. The van der Waals surface area contributed by atoms with Crippen LogP contribution in [0.3, 0.4) is 0 Å². The van der Waals surface area contributed by atoms with E-state index in [1.54, 1.807) is 42.7 Å². The summed E-state index contributed by atoms with van der Waals surface area (Å²) in [5.41, 5.74) is 0.528. The van der Waals surface area contributed by atoms with Crippen LogP contribution in [0.2, 0.25) is 0 Å². The normalized spacial score (nSPS) is 12.6. The van der Waals surface area contributed by atoms with Crippen LogP contribution in [0.1, 0.15) is 36.1 Å². The molecule has 0 spiro atoms. The Morgan fingerprint density at radius 3 is 2.29 bits per heavy atom. The Bertz CT molecular complexity index is 869. The summed E-state index contributed by atoms with van der Waals surface area (Å²) in [7, 11) is 0. The first-order chi connectivity index (χ1) is 13.3. The molecule has 0 bridgehead atoms. The van der Waals surface area contributed by atoms with Crippen LogP contribution in [-0.2, 0) is 9.59 Å². The maximum atomic E-state index is 12.2. The molecule has 0 aliphatic rings. The topological polar surface area (TPSA) is 102 Å². The molecule has 0 saturated carbocycles. The number of hydrogen-bond acceptors (Lipinski definition) is 7. The lowest BCUT2D eigenvalue weighted by atomic mass is 10.2. The Kier molecular flexibility index (Phi) is 7.60. The van der Waals surface area contributed by atoms with E-state index in [-0.39, 0.29) is 28.1 Å². The maximum absolute atomic E-state index is 12.2. The van der Waals surface area contributed by atoms with E-state index >= 15 is 0 Å². The molecule has 1 amide bonds. The zero-order valence-corrected chi connectivity index (χ0v) is 16.5. The lowest BCUT2D eigenvalue weighted by molar-refractivity contribution is -0.138. The van der Waals surface area contributed by atoms with E-state index in [1.165, 1.54) is 26.0 Å². The fourth-order valence-corrected chi connectivity index (χ4v) is 2.76. The van der Waals surface area contributed by atoms with Crippen molar-refractivity contribution < 1.29 is 29.0 Å². The van der Waals surface area contributed by atoms with Gasteiger partial charge in [-0.3, -0.25) is 9.59 Å². The van der Waals surface area contributed by atoms with Crippen LogP contribution in [0.25, 0.3) is 0 Å². The highest BCUT2D eigenvalue weighted by Gasteiger charge is 2.22. The Morgan fingerprint density at radius 2 is 1.64 bits per heavy atom. The molecule has 2 N–H and O–H groups in total. The number of amides is 1. The van der Waals surface area contributed by atoms with E-state index < -0.39 is 18.3 Å². The second-order valence-electron chi connectivity index (χ2n) is 5.84. The van der Waals surface area contributed by atoms with Crippen molar-refractivity contribution in [3.8, 4) is 11.5 Å². The second-order valence-corrected chi connectivity index (χ2v) is 6.62. The molecule has 0 aliphatic carbocycles. The molecule has 2 atom stereocenters. The van der Waals surface area contributed by atoms with Crippen LogP contribution in [-0.4, -0.2) is 34.4 Å². The molecule has 2 aromatic rings. The number of carbonyl (C=O) groups is 3. The minimum absolute atomic E-state index is 0.0888. The minimum Gasteiger partial charge on any atom is -0.460 e. The fraction of sp³-hybridized carbons (Fsp3) is 0.250. The van der Waals surface area contributed by atoms with E-state index in [0.717, 1.165) is 11.8 Å². The predicted molar refractivity (Wildman–Crippen MR) is 105 cm³/mol. The highest BCUT2D eigenvalue weighted by atomic mass is 32.2. The van der Waals surface area contributed by atoms with Gasteiger partial charge < -0.3 is 19.9 Å². The van der Waals surface area contributed by atoms with Crippen LogP contribution in [0.5, 0.6) is 11.5 Å². The summed E-state index contributed by atoms with van der Waals surface area (Å²) in [4.78, 5) is 35.3. The van der Waals surface area contributed by atoms with Gasteiger partial charge in [0.25, 0.3) is 0 Å². The Balaban J connectivity index is 2.22. The number of rotatable bonds is 7. The van der Waals surface area contributed by atoms with Gasteiger partial charge in [-0.2, -0.15) is 0 Å². The van der Waals surface area contributed by atoms with Gasteiger partial charge in [0.2, 0.25) is 17.3 Å². The molecule has 148 valence electrons. The third-order valence-corrected chi connectivity index (χ3v) is 4.29. The molecule has 2 aromatic carbocycles. The van der Waals surface area contributed by atoms with Crippen molar-refractivity contribution in [3.05, 3.63) is 59.7 Å². The highest BCUT2D eigenvalue weighted by Crippen LogP contribution is 2.30. The van der Waals surface area contributed by atoms with Crippen molar-refractivity contribution in [2.75, 3.05) is 6.26 Å². The molecule has 7 nitrogen and oxygen atoms in total. The number of carbonyl (C=O) groups excluding carboxylic acids is 3. The summed E-state index contributed by atoms with van der Waals surface area (Å²) in [6.07, 6.45) is 0.177. The number of esters is 1. The largest absolute Gasteiger partial charge is 0.460 e. The Hall–Kier alpha value is -2.84. The zero-order valence-electron chi connectivity index (χ0n) is 15.7. The summed E-state index contributed by atoms with van der Waals surface area (Å²) in [6, 6.07) is 12.0. The molecular weight excluding hydrogens is 382 g/mol. The highest BCUT2D eigenvalue weighted by molar-refractivity contribution is 8.13. The van der Waals surface area contributed by atoms with E-state index in [0.29, 0.717) is 5.56 Å². The van der Waals surface area contributed by atoms with Gasteiger partial charge in [-0.15, -0.1) is 0 Å². The number of hydrogen-bond donors (Lipinski definition) is 2. The number of aliphatic hydroxyl groups is 1. The van der Waals surface area contributed by atoms with E-state index in [1.807, 2.05) is 0 Å². The molecule has 0 fully saturated rings. The second kappa shape index (κ2) is 9.91. The Morgan fingerprint density at radius 1 is 1.04 bits per heavy atom. The minimum atomic E-state index is -1.48. The predicted octanol–water partition coefficient (Wildman–Crippen LogP) is 2.69. The first kappa shape index (κ1) is 21.5. The summed E-state index contributed by atoms with van der Waals surface area (Å²) in [5, 5.41) is 12.8. The molecule has 0 aromatic heterocycles. The van der Waals surface area contributed by atoms with E-state index in [2.05, 4.69) is 5.32 Å².